The molecule has 5 aliphatic rings. The molecule has 0 saturated heterocycles. The Morgan fingerprint density at radius 1 is 1.02 bits per heavy atom. The summed E-state index contributed by atoms with van der Waals surface area (Å²) in [5, 5.41) is 9.94. The number of hydrogen-bond donors (Lipinski definition) is 0. The van der Waals surface area contributed by atoms with E-state index in [1.165, 1.54) is 0 Å². The van der Waals surface area contributed by atoms with Gasteiger partial charge in [-0.25, -0.2) is 4.98 Å². The molecule has 0 amide bonds. The highest BCUT2D eigenvalue weighted by Gasteiger charge is 2.71. The van der Waals surface area contributed by atoms with Crippen LogP contribution < -0.4 is 0 Å². The van der Waals surface area contributed by atoms with Crippen molar-refractivity contribution < 1.29 is 14.4 Å². The van der Waals surface area contributed by atoms with E-state index in [0.717, 1.165) is 50.5 Å². The maximum absolute atomic E-state index is 14.6. The fourth-order valence-corrected chi connectivity index (χ4v) is 10.8. The van der Waals surface area contributed by atoms with E-state index in [-0.39, 0.29) is 57.0 Å². The number of carbonyl (C=O) groups is 3. The molecule has 6 heteroatoms. The molecule has 6 nitrogen and oxygen atoms in total. The van der Waals surface area contributed by atoms with Gasteiger partial charge in [0, 0.05) is 29.1 Å². The van der Waals surface area contributed by atoms with Crippen LogP contribution in [-0.2, 0) is 9.59 Å². The van der Waals surface area contributed by atoms with Crippen LogP contribution in [0.1, 0.15) is 104 Å². The molecule has 0 bridgehead atoms. The number of hydrogen-bond acceptors (Lipinski definition) is 5. The minimum Gasteiger partial charge on any atom is -0.295 e. The second-order valence-electron chi connectivity index (χ2n) is 16.1. The fraction of sp³-hybridized carbons (Fsp3) is 0.686. The number of Topliss-reactive ketones (excluding diaryl/α,β-unsaturated/α-hetero) is 1. The van der Waals surface area contributed by atoms with Crippen molar-refractivity contribution in [2.24, 2.45) is 50.2 Å². The molecule has 0 aliphatic heterocycles. The average Bonchev–Trinajstić information content (AvgIpc) is 3.32. The number of aromatic nitrogens is 2. The molecule has 6 rings (SSSR count). The molecule has 0 radical (unpaired) electrons. The summed E-state index contributed by atoms with van der Waals surface area (Å²) in [4.78, 5) is 46.7. The molecule has 4 unspecified atom stereocenters. The molecule has 3 fully saturated rings. The van der Waals surface area contributed by atoms with Gasteiger partial charge in [-0.05, 0) is 86.0 Å². The summed E-state index contributed by atoms with van der Waals surface area (Å²) in [7, 11) is 0. The molecule has 41 heavy (non-hydrogen) atoms. The van der Waals surface area contributed by atoms with E-state index in [4.69, 9.17) is 0 Å². The van der Waals surface area contributed by atoms with Gasteiger partial charge in [0.2, 0.25) is 5.91 Å². The van der Waals surface area contributed by atoms with Gasteiger partial charge < -0.3 is 0 Å². The van der Waals surface area contributed by atoms with Gasteiger partial charge >= 0.3 is 0 Å². The second kappa shape index (κ2) is 8.39. The number of nitriles is 1. The largest absolute Gasteiger partial charge is 0.295 e. The molecule has 1 aromatic rings. The fourth-order valence-electron chi connectivity index (χ4n) is 10.8. The normalized spacial score (nSPS) is 42.5. The van der Waals surface area contributed by atoms with E-state index >= 15 is 0 Å². The van der Waals surface area contributed by atoms with Crippen LogP contribution in [0.5, 0.6) is 0 Å². The molecule has 7 atom stereocenters. The van der Waals surface area contributed by atoms with Crippen molar-refractivity contribution in [2.75, 3.05) is 0 Å². The zero-order valence-corrected chi connectivity index (χ0v) is 26.1. The highest BCUT2D eigenvalue weighted by molar-refractivity contribution is 6.04. The van der Waals surface area contributed by atoms with Crippen molar-refractivity contribution in [1.82, 2.24) is 9.55 Å². The monoisotopic (exact) mass is 555 g/mol. The molecule has 1 aromatic heterocycles. The lowest BCUT2D eigenvalue weighted by molar-refractivity contribution is -0.164. The van der Waals surface area contributed by atoms with Gasteiger partial charge in [-0.1, -0.05) is 60.1 Å². The second-order valence-corrected chi connectivity index (χ2v) is 16.1. The van der Waals surface area contributed by atoms with Gasteiger partial charge in [0.05, 0.1) is 11.0 Å². The Labute approximate surface area is 244 Å². The molecule has 1 heterocycles. The summed E-state index contributed by atoms with van der Waals surface area (Å²) in [5.74, 6) is 0.563. The Balaban J connectivity index is 1.53. The van der Waals surface area contributed by atoms with E-state index in [2.05, 4.69) is 45.7 Å². The minimum absolute atomic E-state index is 0.0222. The first-order chi connectivity index (χ1) is 19.0. The lowest BCUT2D eigenvalue weighted by atomic mass is 9.34. The van der Waals surface area contributed by atoms with Gasteiger partial charge in [0.15, 0.2) is 11.6 Å². The molecule has 218 valence electrons. The third kappa shape index (κ3) is 3.41. The van der Waals surface area contributed by atoms with Crippen molar-refractivity contribution in [3.8, 4) is 6.07 Å². The SMILES string of the molecule is Cc1nccn1C(=O)[C@]12CCC(C)(C)CC1C1C(=O)C=C3[C@@]4(C)C=C(C#N)C(=O)C(C)(C)C4CC[C@@]3(C)C1(C)CC2. The van der Waals surface area contributed by atoms with Gasteiger partial charge in [-0.15, -0.1) is 0 Å². The Morgan fingerprint density at radius 2 is 1.71 bits per heavy atom. The molecule has 3 saturated carbocycles. The molecule has 0 N–H and O–H groups in total. The number of rotatable bonds is 1. The Hall–Kier alpha value is -2.81. The lowest BCUT2D eigenvalue weighted by Crippen LogP contribution is -2.66. The maximum atomic E-state index is 14.6. The number of allylic oxidation sites excluding steroid dienone is 4. The van der Waals surface area contributed by atoms with E-state index in [1.807, 2.05) is 32.9 Å². The van der Waals surface area contributed by atoms with Crippen LogP contribution in [0.15, 0.2) is 35.7 Å². The zero-order chi connectivity index (χ0) is 30.0. The van der Waals surface area contributed by atoms with Crippen LogP contribution in [0.3, 0.4) is 0 Å². The third-order valence-corrected chi connectivity index (χ3v) is 13.3. The first kappa shape index (κ1) is 28.3. The van der Waals surface area contributed by atoms with E-state index in [9.17, 15) is 19.6 Å². The number of imidazole rings is 1. The van der Waals surface area contributed by atoms with Crippen molar-refractivity contribution in [3.05, 3.63) is 41.5 Å². The standard InChI is InChI=1S/C35H45N3O3/c1-21-37-15-16-38(21)29(41)35-13-11-30(2,3)19-23(35)27-24(39)17-26-32(6)18-22(20-36)28(40)31(4,5)25(32)9-10-33(26,7)34(27,8)12-14-35/h15-18,23,25,27H,9-14,19H2,1-8H3/t23?,25?,27?,32-,33+,34?,35-/m0/s1. The van der Waals surface area contributed by atoms with E-state index in [0.29, 0.717) is 5.82 Å². The van der Waals surface area contributed by atoms with Gasteiger partial charge in [0.1, 0.15) is 11.9 Å². The number of ketones is 2. The molecule has 5 aliphatic carbocycles. The molecular weight excluding hydrogens is 510 g/mol. The lowest BCUT2D eigenvalue weighted by Gasteiger charge is -2.69. The summed E-state index contributed by atoms with van der Waals surface area (Å²) in [6.45, 7) is 17.2. The van der Waals surface area contributed by atoms with E-state index in [1.54, 1.807) is 17.0 Å². The van der Waals surface area contributed by atoms with E-state index < -0.39 is 16.2 Å². The first-order valence-electron chi connectivity index (χ1n) is 15.5. The summed E-state index contributed by atoms with van der Waals surface area (Å²) in [5.41, 5.74) is -1.08. The van der Waals surface area contributed by atoms with Crippen LogP contribution >= 0.6 is 0 Å². The molecular formula is C35H45N3O3. The van der Waals surface area contributed by atoms with Crippen LogP contribution in [-0.4, -0.2) is 27.0 Å². The summed E-state index contributed by atoms with van der Waals surface area (Å²) in [6.07, 6.45) is 13.2. The highest BCUT2D eigenvalue weighted by Crippen LogP contribution is 2.74. The summed E-state index contributed by atoms with van der Waals surface area (Å²) >= 11 is 0. The number of fused-ring (bicyclic) bond motifs is 7. The summed E-state index contributed by atoms with van der Waals surface area (Å²) < 4.78 is 1.73. The van der Waals surface area contributed by atoms with Crippen molar-refractivity contribution in [1.29, 1.82) is 5.26 Å². The first-order valence-corrected chi connectivity index (χ1v) is 15.5. The van der Waals surface area contributed by atoms with Gasteiger partial charge in [-0.3, -0.25) is 19.0 Å². The minimum atomic E-state index is -0.679. The zero-order valence-electron chi connectivity index (χ0n) is 26.1. The Morgan fingerprint density at radius 3 is 2.34 bits per heavy atom. The van der Waals surface area contributed by atoms with Crippen molar-refractivity contribution >= 4 is 17.5 Å². The average molecular weight is 556 g/mol. The predicted octanol–water partition coefficient (Wildman–Crippen LogP) is 7.05. The number of carbonyl (C=O) groups excluding carboxylic acids is 3. The van der Waals surface area contributed by atoms with Crippen molar-refractivity contribution in [2.45, 2.75) is 100 Å². The predicted molar refractivity (Wildman–Crippen MR) is 156 cm³/mol. The number of aryl methyl sites for hydroxylation is 1. The van der Waals surface area contributed by atoms with Crippen LogP contribution in [0.25, 0.3) is 0 Å². The quantitative estimate of drug-likeness (QED) is 0.370. The third-order valence-electron chi connectivity index (χ3n) is 13.3. The number of nitrogens with zero attached hydrogens (tertiary/aromatic N) is 3. The highest BCUT2D eigenvalue weighted by atomic mass is 16.2. The molecule has 0 aromatic carbocycles. The van der Waals surface area contributed by atoms with Crippen LogP contribution in [0.4, 0.5) is 0 Å². The molecule has 0 spiro atoms. The topological polar surface area (TPSA) is 92.8 Å². The Kier molecular flexibility index (Phi) is 5.80. The summed E-state index contributed by atoms with van der Waals surface area (Å²) in [6, 6.07) is 2.19. The van der Waals surface area contributed by atoms with Crippen molar-refractivity contribution in [3.63, 3.8) is 0 Å². The van der Waals surface area contributed by atoms with Crippen LogP contribution in [0, 0.1) is 68.5 Å². The smallest absolute Gasteiger partial charge is 0.238 e. The van der Waals surface area contributed by atoms with Gasteiger partial charge in [-0.2, -0.15) is 5.26 Å². The van der Waals surface area contributed by atoms with Crippen LogP contribution in [0.2, 0.25) is 0 Å². The van der Waals surface area contributed by atoms with Gasteiger partial charge in [0.25, 0.3) is 0 Å². The Bertz CT molecular complexity index is 1490. The maximum Gasteiger partial charge on any atom is 0.238 e.